The largest absolute Gasteiger partial charge is 0.378 e. The summed E-state index contributed by atoms with van der Waals surface area (Å²) in [7, 11) is 3.97. The Hall–Kier alpha value is -3.39. The second-order valence-corrected chi connectivity index (χ2v) is 11.1. The highest BCUT2D eigenvalue weighted by atomic mass is 32.2. The third kappa shape index (κ3) is 6.72. The van der Waals surface area contributed by atoms with Gasteiger partial charge in [-0.25, -0.2) is 9.97 Å². The van der Waals surface area contributed by atoms with Crippen molar-refractivity contribution >= 4 is 35.0 Å². The van der Waals surface area contributed by atoms with Crippen molar-refractivity contribution in [1.82, 2.24) is 14.9 Å². The van der Waals surface area contributed by atoms with Crippen molar-refractivity contribution in [3.05, 3.63) is 77.6 Å². The van der Waals surface area contributed by atoms with Crippen LogP contribution in [0.4, 0.5) is 11.4 Å². The summed E-state index contributed by atoms with van der Waals surface area (Å²) < 4.78 is 0. The first-order valence-corrected chi connectivity index (χ1v) is 14.1. The molecule has 0 radical (unpaired) electrons. The van der Waals surface area contributed by atoms with Crippen LogP contribution in [0.1, 0.15) is 49.1 Å². The molecule has 1 saturated carbocycles. The van der Waals surface area contributed by atoms with Gasteiger partial charge in [0.25, 0.3) is 0 Å². The van der Waals surface area contributed by atoms with E-state index in [4.69, 9.17) is 0 Å². The molecule has 1 N–H and O–H groups in total. The van der Waals surface area contributed by atoms with Crippen LogP contribution >= 0.6 is 11.8 Å². The number of aromatic nitrogens is 2. The molecule has 8 heteroatoms. The maximum absolute atomic E-state index is 14.1. The number of nitrogens with zero attached hydrogens (tertiary/aromatic N) is 4. The van der Waals surface area contributed by atoms with E-state index in [9.17, 15) is 9.59 Å². The third-order valence-corrected chi connectivity index (χ3v) is 7.86. The topological polar surface area (TPSA) is 78.4 Å². The van der Waals surface area contributed by atoms with Gasteiger partial charge in [0, 0.05) is 43.4 Å². The molecule has 1 fully saturated rings. The van der Waals surface area contributed by atoms with Crippen molar-refractivity contribution in [3.8, 4) is 0 Å². The number of nitrogens with one attached hydrogen (secondary N) is 1. The molecule has 1 aliphatic carbocycles. The molecular formula is C30H37N5O2S. The molecule has 3 aromatic rings. The maximum atomic E-state index is 14.1. The molecule has 1 heterocycles. The molecule has 0 bridgehead atoms. The van der Waals surface area contributed by atoms with Gasteiger partial charge in [0.15, 0.2) is 5.16 Å². The van der Waals surface area contributed by atoms with Crippen LogP contribution in [0.15, 0.2) is 65.8 Å². The highest BCUT2D eigenvalue weighted by molar-refractivity contribution is 7.99. The fourth-order valence-electron chi connectivity index (χ4n) is 5.05. The second-order valence-electron chi connectivity index (χ2n) is 10.2. The molecule has 2 amide bonds. The molecule has 1 aliphatic rings. The number of benzene rings is 2. The average Bonchev–Trinajstić information content (AvgIpc) is 2.91. The summed E-state index contributed by atoms with van der Waals surface area (Å²) in [5.41, 5.74) is 3.61. The highest BCUT2D eigenvalue weighted by Gasteiger charge is 2.47. The second kappa shape index (κ2) is 12.4. The summed E-state index contributed by atoms with van der Waals surface area (Å²) in [6.45, 7) is 4.23. The Bertz CT molecular complexity index is 1220. The quantitative estimate of drug-likeness (QED) is 0.285. The van der Waals surface area contributed by atoms with E-state index in [1.165, 1.54) is 11.8 Å². The number of hydrogen-bond acceptors (Lipinski definition) is 6. The van der Waals surface area contributed by atoms with Gasteiger partial charge >= 0.3 is 0 Å². The predicted octanol–water partition coefficient (Wildman–Crippen LogP) is 5.62. The van der Waals surface area contributed by atoms with E-state index in [-0.39, 0.29) is 17.6 Å². The van der Waals surface area contributed by atoms with Gasteiger partial charge < -0.3 is 15.1 Å². The van der Waals surface area contributed by atoms with Crippen molar-refractivity contribution < 1.29 is 9.59 Å². The molecule has 200 valence electrons. The Labute approximate surface area is 230 Å². The summed E-state index contributed by atoms with van der Waals surface area (Å²) >= 11 is 1.33. The maximum Gasteiger partial charge on any atom is 0.250 e. The summed E-state index contributed by atoms with van der Waals surface area (Å²) in [5.74, 6) is -0.0317. The van der Waals surface area contributed by atoms with Crippen LogP contribution in [0, 0.1) is 13.8 Å². The van der Waals surface area contributed by atoms with Gasteiger partial charge in [-0.15, -0.1) is 0 Å². The molecule has 7 nitrogen and oxygen atoms in total. The Morgan fingerprint density at radius 1 is 0.921 bits per heavy atom. The summed E-state index contributed by atoms with van der Waals surface area (Å²) in [6.07, 6.45) is 4.14. The van der Waals surface area contributed by atoms with E-state index in [0.717, 1.165) is 47.6 Å². The molecular weight excluding hydrogens is 494 g/mol. The monoisotopic (exact) mass is 531 g/mol. The van der Waals surface area contributed by atoms with Gasteiger partial charge in [0.05, 0.1) is 5.75 Å². The molecule has 38 heavy (non-hydrogen) atoms. The molecule has 0 spiro atoms. The van der Waals surface area contributed by atoms with Gasteiger partial charge in [-0.3, -0.25) is 9.59 Å². The zero-order valence-electron chi connectivity index (χ0n) is 22.7. The molecule has 0 saturated heterocycles. The standard InChI is InChI=1S/C30H37N5O2S/c1-22-19-23(2)32-29(31-22)38-21-27(36)35(20-24-11-7-5-8-12-24)30(17-9-6-10-18-30)28(37)33-25-13-15-26(16-14-25)34(3)4/h5,7-8,11-16,19H,6,9-10,17-18,20-21H2,1-4H3,(H,33,37). The van der Waals surface area contributed by atoms with E-state index in [2.05, 4.69) is 15.3 Å². The number of aryl methyl sites for hydroxylation is 2. The average molecular weight is 532 g/mol. The van der Waals surface area contributed by atoms with Crippen molar-refractivity contribution in [2.45, 2.75) is 63.2 Å². The first-order chi connectivity index (χ1) is 18.3. The fraction of sp³-hybridized carbons (Fsp3) is 0.400. The molecule has 2 aromatic carbocycles. The van der Waals surface area contributed by atoms with Crippen LogP contribution < -0.4 is 10.2 Å². The van der Waals surface area contributed by atoms with Crippen LogP contribution in [0.2, 0.25) is 0 Å². The van der Waals surface area contributed by atoms with E-state index in [1.54, 1.807) is 0 Å². The minimum Gasteiger partial charge on any atom is -0.378 e. The van der Waals surface area contributed by atoms with Crippen LogP contribution in [0.5, 0.6) is 0 Å². The number of thioether (sulfide) groups is 1. The van der Waals surface area contributed by atoms with Crippen molar-refractivity contribution in [2.75, 3.05) is 30.1 Å². The van der Waals surface area contributed by atoms with Crippen LogP contribution in [-0.2, 0) is 16.1 Å². The lowest BCUT2D eigenvalue weighted by Gasteiger charge is -2.45. The van der Waals surface area contributed by atoms with E-state index < -0.39 is 5.54 Å². The number of amides is 2. The van der Waals surface area contributed by atoms with Crippen LogP contribution in [-0.4, -0.2) is 52.1 Å². The minimum atomic E-state index is -0.921. The number of carbonyl (C=O) groups is 2. The Kier molecular flexibility index (Phi) is 9.05. The molecule has 0 atom stereocenters. The van der Waals surface area contributed by atoms with Crippen molar-refractivity contribution in [2.24, 2.45) is 0 Å². The molecule has 0 unspecified atom stereocenters. The lowest BCUT2D eigenvalue weighted by Crippen LogP contribution is -2.60. The Balaban J connectivity index is 1.62. The number of anilines is 2. The van der Waals surface area contributed by atoms with Gasteiger partial charge in [0.2, 0.25) is 11.8 Å². The Morgan fingerprint density at radius 3 is 2.16 bits per heavy atom. The lowest BCUT2D eigenvalue weighted by molar-refractivity contribution is -0.146. The summed E-state index contributed by atoms with van der Waals surface area (Å²) in [5, 5.41) is 3.73. The smallest absolute Gasteiger partial charge is 0.250 e. The third-order valence-electron chi connectivity index (χ3n) is 7.03. The van der Waals surface area contributed by atoms with E-state index in [1.807, 2.05) is 98.4 Å². The first-order valence-electron chi connectivity index (χ1n) is 13.2. The van der Waals surface area contributed by atoms with Crippen LogP contribution in [0.25, 0.3) is 0 Å². The molecule has 1 aromatic heterocycles. The molecule has 0 aliphatic heterocycles. The lowest BCUT2D eigenvalue weighted by atomic mass is 9.79. The highest BCUT2D eigenvalue weighted by Crippen LogP contribution is 2.37. The predicted molar refractivity (Wildman–Crippen MR) is 154 cm³/mol. The number of hydrogen-bond donors (Lipinski definition) is 1. The fourth-order valence-corrected chi connectivity index (χ4v) is 5.88. The summed E-state index contributed by atoms with van der Waals surface area (Å²) in [4.78, 5) is 40.8. The van der Waals surface area contributed by atoms with E-state index >= 15 is 0 Å². The Morgan fingerprint density at radius 2 is 1.55 bits per heavy atom. The van der Waals surface area contributed by atoms with Crippen molar-refractivity contribution in [3.63, 3.8) is 0 Å². The van der Waals surface area contributed by atoms with Gasteiger partial charge in [-0.05, 0) is 62.6 Å². The molecule has 4 rings (SSSR count). The zero-order valence-corrected chi connectivity index (χ0v) is 23.6. The number of rotatable bonds is 9. The van der Waals surface area contributed by atoms with Gasteiger partial charge in [-0.1, -0.05) is 61.4 Å². The van der Waals surface area contributed by atoms with Crippen molar-refractivity contribution in [1.29, 1.82) is 0 Å². The zero-order chi connectivity index (χ0) is 27.1. The SMILES string of the molecule is Cc1cc(C)nc(SCC(=O)N(Cc2ccccc2)C2(C(=O)Nc3ccc(N(C)C)cc3)CCCCC2)n1. The van der Waals surface area contributed by atoms with Gasteiger partial charge in [-0.2, -0.15) is 0 Å². The minimum absolute atomic E-state index is 0.0818. The normalized spacial score (nSPS) is 14.5. The number of carbonyl (C=O) groups excluding carboxylic acids is 2. The van der Waals surface area contributed by atoms with Gasteiger partial charge in [0.1, 0.15) is 5.54 Å². The first kappa shape index (κ1) is 27.6. The van der Waals surface area contributed by atoms with Crippen LogP contribution in [0.3, 0.4) is 0 Å². The van der Waals surface area contributed by atoms with E-state index in [0.29, 0.717) is 24.5 Å². The summed E-state index contributed by atoms with van der Waals surface area (Å²) in [6, 6.07) is 19.6.